The Morgan fingerprint density at radius 2 is 1.41 bits per heavy atom. The molecular weight excluding hydrogens is 530 g/mol. The highest BCUT2D eigenvalue weighted by molar-refractivity contribution is 6.39. The Kier molecular flexibility index (Phi) is 11.7. The number of hydrogen-bond donors (Lipinski definition) is 1. The molecule has 0 saturated carbocycles. The van der Waals surface area contributed by atoms with Gasteiger partial charge in [-0.3, -0.25) is 24.2 Å². The molecule has 3 heterocycles. The molecule has 2 aliphatic heterocycles. The maximum Gasteiger partial charge on any atom is 0.328 e. The molecule has 0 unspecified atom stereocenters. The van der Waals surface area contributed by atoms with Crippen molar-refractivity contribution in [3.05, 3.63) is 30.1 Å². The molecule has 41 heavy (non-hydrogen) atoms. The normalized spacial score (nSPS) is 18.2. The molecule has 1 aromatic rings. The molecule has 2 atom stereocenters. The van der Waals surface area contributed by atoms with E-state index in [9.17, 15) is 28.8 Å². The molecule has 3 rings (SSSR count). The van der Waals surface area contributed by atoms with Gasteiger partial charge in [0.25, 0.3) is 11.8 Å². The monoisotopic (exact) mass is 573 g/mol. The quantitative estimate of drug-likeness (QED) is 0.226. The lowest BCUT2D eigenvalue weighted by molar-refractivity contribution is -0.165. The molecule has 2 saturated heterocycles. The minimum absolute atomic E-state index is 0.292. The van der Waals surface area contributed by atoms with Gasteiger partial charge in [-0.1, -0.05) is 47.6 Å². The first-order valence-corrected chi connectivity index (χ1v) is 14.2. The number of carboxylic acid groups (broad SMARTS) is 1. The number of pyridine rings is 1. The van der Waals surface area contributed by atoms with Crippen LogP contribution in [0, 0.1) is 10.8 Å². The number of ether oxygens (including phenoxy) is 1. The predicted molar refractivity (Wildman–Crippen MR) is 150 cm³/mol. The summed E-state index contributed by atoms with van der Waals surface area (Å²) in [4.78, 5) is 77.6. The number of carboxylic acids is 1. The van der Waals surface area contributed by atoms with Crippen LogP contribution in [0.25, 0.3) is 0 Å². The zero-order valence-electron chi connectivity index (χ0n) is 25.0. The number of carbonyl (C=O) groups is 6. The molecule has 0 radical (unpaired) electrons. The molecular formula is C30H43N3O8. The Morgan fingerprint density at radius 3 is 1.80 bits per heavy atom. The molecule has 0 aliphatic carbocycles. The topological polar surface area (TPSA) is 151 Å². The summed E-state index contributed by atoms with van der Waals surface area (Å²) in [5.74, 6) is -3.64. The van der Waals surface area contributed by atoms with Crippen molar-refractivity contribution in [3.8, 4) is 0 Å². The highest BCUT2D eigenvalue weighted by Gasteiger charge is 2.45. The fraction of sp³-hybridized carbons (Fsp3) is 0.633. The number of aliphatic carboxylic acids is 1. The molecule has 2 aliphatic rings. The van der Waals surface area contributed by atoms with Gasteiger partial charge in [0.15, 0.2) is 0 Å². The van der Waals surface area contributed by atoms with Crippen molar-refractivity contribution in [2.75, 3.05) is 19.7 Å². The Balaban J connectivity index is 0.000000317. The van der Waals surface area contributed by atoms with Crippen molar-refractivity contribution in [2.24, 2.45) is 10.8 Å². The summed E-state index contributed by atoms with van der Waals surface area (Å²) in [6.45, 7) is 11.7. The van der Waals surface area contributed by atoms with Crippen molar-refractivity contribution >= 4 is 35.3 Å². The average Bonchev–Trinajstić information content (AvgIpc) is 2.89. The molecule has 1 N–H and O–H groups in total. The van der Waals surface area contributed by atoms with Gasteiger partial charge in [-0.15, -0.1) is 0 Å². The van der Waals surface area contributed by atoms with Crippen LogP contribution in [0.3, 0.4) is 0 Å². The molecule has 0 bridgehead atoms. The highest BCUT2D eigenvalue weighted by Crippen LogP contribution is 2.27. The Bertz CT molecular complexity index is 1130. The van der Waals surface area contributed by atoms with Gasteiger partial charge in [-0.05, 0) is 50.2 Å². The highest BCUT2D eigenvalue weighted by atomic mass is 16.5. The van der Waals surface area contributed by atoms with Gasteiger partial charge < -0.3 is 19.6 Å². The van der Waals surface area contributed by atoms with Gasteiger partial charge in [-0.2, -0.15) is 0 Å². The third-order valence-electron chi connectivity index (χ3n) is 8.08. The standard InChI is InChI=1S/C19H26N2O4.C11H17NO4/c1-4-19(2,3)16(22)17(23)21-11-9-15(21)18(24)25-12-6-8-14-7-5-10-20-13-14;1-4-11(2,3)8(13)9(14)12-6-5-7(12)10(15)16/h5,7,10,13,15H,4,6,8-9,11-12H2,1-3H3;7H,4-6H2,1-3H3,(H,15,16)/t15-;7-/m00/s1. The zero-order valence-corrected chi connectivity index (χ0v) is 25.0. The average molecular weight is 574 g/mol. The van der Waals surface area contributed by atoms with Crippen molar-refractivity contribution in [3.63, 3.8) is 0 Å². The molecule has 2 fully saturated rings. The SMILES string of the molecule is CCC(C)(C)C(=O)C(=O)N1CC[C@H]1C(=O)O.CCC(C)(C)C(=O)C(=O)N1CC[C@H]1C(=O)OCCCc1cccnc1. The van der Waals surface area contributed by atoms with Gasteiger partial charge in [0, 0.05) is 36.3 Å². The fourth-order valence-electron chi connectivity index (χ4n) is 4.01. The van der Waals surface area contributed by atoms with Crippen LogP contribution < -0.4 is 0 Å². The molecule has 0 spiro atoms. The Labute approximate surface area is 241 Å². The van der Waals surface area contributed by atoms with Crippen LogP contribution in [0.15, 0.2) is 24.5 Å². The molecule has 11 nitrogen and oxygen atoms in total. The fourth-order valence-corrected chi connectivity index (χ4v) is 4.01. The van der Waals surface area contributed by atoms with Crippen LogP contribution in [0.1, 0.15) is 79.2 Å². The minimum atomic E-state index is -1.04. The smallest absolute Gasteiger partial charge is 0.328 e. The van der Waals surface area contributed by atoms with Crippen LogP contribution in [0.2, 0.25) is 0 Å². The van der Waals surface area contributed by atoms with E-state index in [1.165, 1.54) is 4.90 Å². The van der Waals surface area contributed by atoms with Gasteiger partial charge in [-0.25, -0.2) is 9.59 Å². The van der Waals surface area contributed by atoms with E-state index >= 15 is 0 Å². The number of nitrogens with zero attached hydrogens (tertiary/aromatic N) is 3. The molecule has 11 heteroatoms. The summed E-state index contributed by atoms with van der Waals surface area (Å²) in [6.07, 6.45) is 7.09. The Morgan fingerprint density at radius 1 is 0.902 bits per heavy atom. The van der Waals surface area contributed by atoms with Crippen LogP contribution in [0.5, 0.6) is 0 Å². The number of rotatable bonds is 12. The summed E-state index contributed by atoms with van der Waals surface area (Å²) >= 11 is 0. The number of carbonyl (C=O) groups excluding carboxylic acids is 5. The largest absolute Gasteiger partial charge is 0.480 e. The van der Waals surface area contributed by atoms with E-state index in [4.69, 9.17) is 9.84 Å². The van der Waals surface area contributed by atoms with Gasteiger partial charge in [0.1, 0.15) is 12.1 Å². The van der Waals surface area contributed by atoms with Crippen LogP contribution >= 0.6 is 0 Å². The number of Topliss-reactive ketones (excluding diaryl/α,β-unsaturated/α-hetero) is 2. The first kappa shape index (κ1) is 33.6. The number of aromatic nitrogens is 1. The number of ketones is 2. The van der Waals surface area contributed by atoms with E-state index in [-0.39, 0.29) is 0 Å². The number of amides is 2. The number of hydrogen-bond acceptors (Lipinski definition) is 8. The van der Waals surface area contributed by atoms with Crippen LogP contribution in [-0.2, 0) is 39.9 Å². The van der Waals surface area contributed by atoms with E-state index in [1.54, 1.807) is 40.1 Å². The second-order valence-corrected chi connectivity index (χ2v) is 11.7. The van der Waals surface area contributed by atoms with E-state index in [0.29, 0.717) is 51.8 Å². The van der Waals surface area contributed by atoms with E-state index < -0.39 is 58.2 Å². The third kappa shape index (κ3) is 8.43. The van der Waals surface area contributed by atoms with E-state index in [0.717, 1.165) is 16.9 Å². The Hall–Kier alpha value is -3.63. The zero-order chi connectivity index (χ0) is 31.0. The van der Waals surface area contributed by atoms with Crippen molar-refractivity contribution in [1.29, 1.82) is 0 Å². The molecule has 226 valence electrons. The van der Waals surface area contributed by atoms with Gasteiger partial charge in [0.05, 0.1) is 6.61 Å². The van der Waals surface area contributed by atoms with Gasteiger partial charge in [0.2, 0.25) is 11.6 Å². The first-order valence-electron chi connectivity index (χ1n) is 14.2. The lowest BCUT2D eigenvalue weighted by Gasteiger charge is -2.39. The van der Waals surface area contributed by atoms with E-state index in [1.807, 2.05) is 26.0 Å². The molecule has 1 aromatic heterocycles. The lowest BCUT2D eigenvalue weighted by Crippen LogP contribution is -2.59. The van der Waals surface area contributed by atoms with Gasteiger partial charge >= 0.3 is 11.9 Å². The van der Waals surface area contributed by atoms with Crippen LogP contribution in [0.4, 0.5) is 0 Å². The maximum absolute atomic E-state index is 12.3. The predicted octanol–water partition coefficient (Wildman–Crippen LogP) is 2.84. The van der Waals surface area contributed by atoms with Crippen LogP contribution in [-0.4, -0.2) is 87.0 Å². The van der Waals surface area contributed by atoms with Crippen molar-refractivity contribution in [1.82, 2.24) is 14.8 Å². The lowest BCUT2D eigenvalue weighted by atomic mass is 9.84. The molecule has 2 amide bonds. The summed E-state index contributed by atoms with van der Waals surface area (Å²) in [5, 5.41) is 8.79. The maximum atomic E-state index is 12.3. The second-order valence-electron chi connectivity index (χ2n) is 11.7. The number of likely N-dealkylation sites (tertiary alicyclic amines) is 2. The summed E-state index contributed by atoms with van der Waals surface area (Å²) in [7, 11) is 0. The van der Waals surface area contributed by atoms with Crippen molar-refractivity contribution < 1.29 is 38.6 Å². The van der Waals surface area contributed by atoms with E-state index in [2.05, 4.69) is 4.98 Å². The van der Waals surface area contributed by atoms with Crippen molar-refractivity contribution in [2.45, 2.75) is 92.2 Å². The second kappa shape index (κ2) is 14.3. The first-order chi connectivity index (χ1) is 19.2. The number of aryl methyl sites for hydroxylation is 1. The minimum Gasteiger partial charge on any atom is -0.480 e. The number of esters is 1. The summed E-state index contributed by atoms with van der Waals surface area (Å²) in [5.41, 5.74) is -0.327. The summed E-state index contributed by atoms with van der Waals surface area (Å²) < 4.78 is 5.28. The summed E-state index contributed by atoms with van der Waals surface area (Å²) in [6, 6.07) is 2.41. The third-order valence-corrected chi connectivity index (χ3v) is 8.08. The molecule has 0 aromatic carbocycles.